The van der Waals surface area contributed by atoms with E-state index in [4.69, 9.17) is 10.5 Å². The second-order valence-electron chi connectivity index (χ2n) is 5.90. The van der Waals surface area contributed by atoms with Gasteiger partial charge in [-0.2, -0.15) is 0 Å². The van der Waals surface area contributed by atoms with Crippen LogP contribution < -0.4 is 5.73 Å². The molecule has 1 heterocycles. The van der Waals surface area contributed by atoms with Gasteiger partial charge < -0.3 is 15.4 Å². The standard InChI is InChI=1S/C17H26N2O2/c1-14(8-11-18)19-12-9-17(10-13-19,16(20)21-2)15-6-4-3-5-7-15/h3-7,14H,8-13,18H2,1-2H3/t14-/m1/s1. The Labute approximate surface area is 127 Å². The van der Waals surface area contributed by atoms with Gasteiger partial charge in [-0.25, -0.2) is 0 Å². The molecule has 1 aromatic rings. The number of carbonyl (C=O) groups excluding carboxylic acids is 1. The van der Waals surface area contributed by atoms with Crippen molar-refractivity contribution in [3.8, 4) is 0 Å². The number of esters is 1. The molecule has 4 nitrogen and oxygen atoms in total. The van der Waals surface area contributed by atoms with Crippen LogP contribution in [0.5, 0.6) is 0 Å². The van der Waals surface area contributed by atoms with Crippen LogP contribution in [0.15, 0.2) is 30.3 Å². The van der Waals surface area contributed by atoms with Gasteiger partial charge in [-0.15, -0.1) is 0 Å². The number of hydrogen-bond acceptors (Lipinski definition) is 4. The van der Waals surface area contributed by atoms with Crippen molar-refractivity contribution in [3.05, 3.63) is 35.9 Å². The summed E-state index contributed by atoms with van der Waals surface area (Å²) < 4.78 is 5.11. The van der Waals surface area contributed by atoms with Crippen LogP contribution in [-0.4, -0.2) is 43.7 Å². The molecule has 0 bridgehead atoms. The third-order valence-electron chi connectivity index (χ3n) is 4.76. The van der Waals surface area contributed by atoms with Gasteiger partial charge in [0.05, 0.1) is 12.5 Å². The molecule has 2 rings (SSSR count). The van der Waals surface area contributed by atoms with E-state index in [1.54, 1.807) is 0 Å². The van der Waals surface area contributed by atoms with E-state index in [1.165, 1.54) is 7.11 Å². The van der Waals surface area contributed by atoms with Gasteiger partial charge in [0, 0.05) is 6.04 Å². The summed E-state index contributed by atoms with van der Waals surface area (Å²) in [7, 11) is 1.48. The highest BCUT2D eigenvalue weighted by Crippen LogP contribution is 2.37. The van der Waals surface area contributed by atoms with Gasteiger partial charge in [-0.1, -0.05) is 30.3 Å². The Balaban J connectivity index is 2.17. The third kappa shape index (κ3) is 3.27. The van der Waals surface area contributed by atoms with Crippen molar-refractivity contribution in [3.63, 3.8) is 0 Å². The fourth-order valence-corrected chi connectivity index (χ4v) is 3.33. The predicted molar refractivity (Wildman–Crippen MR) is 84.1 cm³/mol. The number of methoxy groups -OCH3 is 1. The molecule has 1 aliphatic heterocycles. The number of nitrogens with zero attached hydrogens (tertiary/aromatic N) is 1. The first kappa shape index (κ1) is 16.0. The number of rotatable bonds is 5. The second kappa shape index (κ2) is 7.05. The molecule has 0 saturated carbocycles. The highest BCUT2D eigenvalue weighted by molar-refractivity contribution is 5.83. The summed E-state index contributed by atoms with van der Waals surface area (Å²) in [6.45, 7) is 4.73. The predicted octanol–water partition coefficient (Wildman–Crippen LogP) is 1.93. The fourth-order valence-electron chi connectivity index (χ4n) is 3.33. The lowest BCUT2D eigenvalue weighted by Crippen LogP contribution is -2.50. The Hall–Kier alpha value is -1.39. The zero-order chi connectivity index (χ0) is 15.3. The number of benzene rings is 1. The SMILES string of the molecule is COC(=O)C1(c2ccccc2)CCN([C@H](C)CCN)CC1. The molecule has 1 aromatic carbocycles. The Morgan fingerprint density at radius 2 is 1.95 bits per heavy atom. The zero-order valence-corrected chi connectivity index (χ0v) is 13.0. The second-order valence-corrected chi connectivity index (χ2v) is 5.90. The molecule has 4 heteroatoms. The first-order valence-corrected chi connectivity index (χ1v) is 7.72. The Bertz CT molecular complexity index is 453. The third-order valence-corrected chi connectivity index (χ3v) is 4.76. The van der Waals surface area contributed by atoms with Crippen molar-refractivity contribution >= 4 is 5.97 Å². The van der Waals surface area contributed by atoms with Crippen molar-refractivity contribution in [1.82, 2.24) is 4.90 Å². The van der Waals surface area contributed by atoms with Gasteiger partial charge in [-0.05, 0) is 51.4 Å². The first-order valence-electron chi connectivity index (χ1n) is 7.72. The van der Waals surface area contributed by atoms with E-state index in [2.05, 4.69) is 11.8 Å². The minimum atomic E-state index is -0.491. The Morgan fingerprint density at radius 3 is 2.48 bits per heavy atom. The number of carbonyl (C=O) groups is 1. The molecule has 21 heavy (non-hydrogen) atoms. The van der Waals surface area contributed by atoms with E-state index in [0.29, 0.717) is 12.6 Å². The molecule has 0 aliphatic carbocycles. The number of nitrogens with two attached hydrogens (primary N) is 1. The number of hydrogen-bond donors (Lipinski definition) is 1. The highest BCUT2D eigenvalue weighted by atomic mass is 16.5. The zero-order valence-electron chi connectivity index (χ0n) is 13.0. The van der Waals surface area contributed by atoms with Crippen LogP contribution in [0.1, 0.15) is 31.7 Å². The van der Waals surface area contributed by atoms with E-state index in [0.717, 1.165) is 37.9 Å². The van der Waals surface area contributed by atoms with Gasteiger partial charge in [0.2, 0.25) is 0 Å². The van der Waals surface area contributed by atoms with Gasteiger partial charge in [0.1, 0.15) is 0 Å². The largest absolute Gasteiger partial charge is 0.468 e. The summed E-state index contributed by atoms with van der Waals surface area (Å²) in [5.74, 6) is -0.111. The molecule has 0 amide bonds. The molecule has 1 atom stereocenters. The minimum absolute atomic E-state index is 0.111. The van der Waals surface area contributed by atoms with Crippen molar-refractivity contribution in [2.45, 2.75) is 37.6 Å². The van der Waals surface area contributed by atoms with Gasteiger partial charge in [0.15, 0.2) is 0 Å². The lowest BCUT2D eigenvalue weighted by atomic mass is 9.72. The summed E-state index contributed by atoms with van der Waals surface area (Å²) in [5.41, 5.74) is 6.23. The average Bonchev–Trinajstić information content (AvgIpc) is 2.55. The summed E-state index contributed by atoms with van der Waals surface area (Å²) in [5, 5.41) is 0. The van der Waals surface area contributed by atoms with Crippen LogP contribution in [0.25, 0.3) is 0 Å². The number of likely N-dealkylation sites (tertiary alicyclic amines) is 1. The molecule has 0 spiro atoms. The molecular formula is C17H26N2O2. The monoisotopic (exact) mass is 290 g/mol. The molecule has 0 aromatic heterocycles. The van der Waals surface area contributed by atoms with E-state index in [9.17, 15) is 4.79 Å². The number of ether oxygens (including phenoxy) is 1. The van der Waals surface area contributed by atoms with E-state index >= 15 is 0 Å². The summed E-state index contributed by atoms with van der Waals surface area (Å²) in [6.07, 6.45) is 2.60. The maximum Gasteiger partial charge on any atom is 0.316 e. The van der Waals surface area contributed by atoms with Crippen LogP contribution in [0.4, 0.5) is 0 Å². The molecule has 1 saturated heterocycles. The van der Waals surface area contributed by atoms with Crippen molar-refractivity contribution in [2.24, 2.45) is 5.73 Å². The summed E-state index contributed by atoms with van der Waals surface area (Å²) >= 11 is 0. The fraction of sp³-hybridized carbons (Fsp3) is 0.588. The molecule has 116 valence electrons. The van der Waals surface area contributed by atoms with Crippen molar-refractivity contribution in [1.29, 1.82) is 0 Å². The number of piperidine rings is 1. The van der Waals surface area contributed by atoms with Crippen LogP contribution in [0, 0.1) is 0 Å². The van der Waals surface area contributed by atoms with Crippen molar-refractivity contribution < 1.29 is 9.53 Å². The van der Waals surface area contributed by atoms with E-state index in [1.807, 2.05) is 30.3 Å². The minimum Gasteiger partial charge on any atom is -0.468 e. The summed E-state index contributed by atoms with van der Waals surface area (Å²) in [6, 6.07) is 10.5. The molecular weight excluding hydrogens is 264 g/mol. The molecule has 1 aliphatic rings. The van der Waals surface area contributed by atoms with Gasteiger partial charge in [0.25, 0.3) is 0 Å². The average molecular weight is 290 g/mol. The Morgan fingerprint density at radius 1 is 1.33 bits per heavy atom. The van der Waals surface area contributed by atoms with Crippen LogP contribution in [-0.2, 0) is 14.9 Å². The van der Waals surface area contributed by atoms with Crippen molar-refractivity contribution in [2.75, 3.05) is 26.7 Å². The maximum atomic E-state index is 12.4. The van der Waals surface area contributed by atoms with Gasteiger partial charge >= 0.3 is 5.97 Å². The maximum absolute atomic E-state index is 12.4. The lowest BCUT2D eigenvalue weighted by molar-refractivity contribution is -0.150. The smallest absolute Gasteiger partial charge is 0.316 e. The molecule has 0 unspecified atom stereocenters. The van der Waals surface area contributed by atoms with E-state index in [-0.39, 0.29) is 5.97 Å². The lowest BCUT2D eigenvalue weighted by Gasteiger charge is -2.42. The van der Waals surface area contributed by atoms with Crippen LogP contribution in [0.2, 0.25) is 0 Å². The highest BCUT2D eigenvalue weighted by Gasteiger charge is 2.44. The molecule has 1 fully saturated rings. The Kier molecular flexibility index (Phi) is 5.37. The normalized spacial score (nSPS) is 20.0. The summed E-state index contributed by atoms with van der Waals surface area (Å²) in [4.78, 5) is 14.9. The van der Waals surface area contributed by atoms with Gasteiger partial charge in [-0.3, -0.25) is 4.79 Å². The topological polar surface area (TPSA) is 55.6 Å². The van der Waals surface area contributed by atoms with Crippen LogP contribution in [0.3, 0.4) is 0 Å². The quantitative estimate of drug-likeness (QED) is 0.842. The first-order chi connectivity index (χ1) is 10.1. The van der Waals surface area contributed by atoms with Crippen LogP contribution >= 0.6 is 0 Å². The molecule has 0 radical (unpaired) electrons. The van der Waals surface area contributed by atoms with E-state index < -0.39 is 5.41 Å². The molecule has 2 N–H and O–H groups in total.